The molecule has 7 nitrogen and oxygen atoms in total. The number of carbonyl (C=O) groups is 1. The monoisotopic (exact) mass is 602 g/mol. The van der Waals surface area contributed by atoms with Crippen molar-refractivity contribution in [1.82, 2.24) is 5.43 Å². The maximum Gasteiger partial charge on any atom is 0.244 e. The number of carbonyl (C=O) groups excluding carboxylic acids is 1. The first-order valence-electron chi connectivity index (χ1n) is 11.1. The molecule has 0 atom stereocenters. The molecule has 1 N–H and O–H groups in total. The Morgan fingerprint density at radius 2 is 1.74 bits per heavy atom. The topological polar surface area (TPSA) is 78.4 Å². The summed E-state index contributed by atoms with van der Waals surface area (Å²) in [6, 6.07) is 17.1. The van der Waals surface area contributed by atoms with Crippen LogP contribution in [0.5, 0.6) is 23.0 Å². The van der Waals surface area contributed by atoms with Gasteiger partial charge in [0.15, 0.2) is 23.0 Å². The highest BCUT2D eigenvalue weighted by Gasteiger charge is 2.14. The maximum atomic E-state index is 12.3. The molecule has 1 aliphatic rings. The standard InChI is InChI=1S/C26H24Br2N2O5/c1-2-32-24-13-19(11-21(28)26(24)35-16-17-3-6-20(27)7-4-17)15-29-30-25(31)14-18-5-8-22-23(12-18)34-10-9-33-22/h3-8,11-13,15H,2,9-10,14,16H2,1H3,(H,30,31)/b29-15+. The van der Waals surface area contributed by atoms with Crippen LogP contribution in [0, 0.1) is 0 Å². The van der Waals surface area contributed by atoms with Gasteiger partial charge in [0.05, 0.1) is 23.7 Å². The number of hydrogen-bond donors (Lipinski definition) is 1. The summed E-state index contributed by atoms with van der Waals surface area (Å²) < 4.78 is 24.6. The lowest BCUT2D eigenvalue weighted by molar-refractivity contribution is -0.120. The Morgan fingerprint density at radius 3 is 2.51 bits per heavy atom. The summed E-state index contributed by atoms with van der Waals surface area (Å²) in [5.74, 6) is 2.30. The maximum absolute atomic E-state index is 12.3. The van der Waals surface area contributed by atoms with E-state index in [9.17, 15) is 4.79 Å². The highest BCUT2D eigenvalue weighted by molar-refractivity contribution is 9.10. The zero-order chi connectivity index (χ0) is 24.6. The molecule has 0 aromatic heterocycles. The van der Waals surface area contributed by atoms with Gasteiger partial charge in [-0.25, -0.2) is 5.43 Å². The number of halogens is 2. The Hall–Kier alpha value is -3.04. The van der Waals surface area contributed by atoms with Gasteiger partial charge < -0.3 is 18.9 Å². The Kier molecular flexibility index (Phi) is 8.65. The summed E-state index contributed by atoms with van der Waals surface area (Å²) >= 11 is 7.00. The molecule has 1 amide bonds. The number of amides is 1. The van der Waals surface area contributed by atoms with Crippen molar-refractivity contribution >= 4 is 44.0 Å². The van der Waals surface area contributed by atoms with Gasteiger partial charge in [0.25, 0.3) is 0 Å². The molecule has 0 aliphatic carbocycles. The van der Waals surface area contributed by atoms with Crippen molar-refractivity contribution in [2.24, 2.45) is 5.10 Å². The van der Waals surface area contributed by atoms with Gasteiger partial charge in [0.2, 0.25) is 5.91 Å². The van der Waals surface area contributed by atoms with Crippen LogP contribution < -0.4 is 24.4 Å². The molecule has 35 heavy (non-hydrogen) atoms. The lowest BCUT2D eigenvalue weighted by Crippen LogP contribution is -2.20. The van der Waals surface area contributed by atoms with Crippen LogP contribution in [0.2, 0.25) is 0 Å². The van der Waals surface area contributed by atoms with E-state index >= 15 is 0 Å². The molecule has 0 bridgehead atoms. The number of ether oxygens (including phenoxy) is 4. The normalized spacial score (nSPS) is 12.4. The van der Waals surface area contributed by atoms with Gasteiger partial charge in [-0.1, -0.05) is 34.1 Å². The summed E-state index contributed by atoms with van der Waals surface area (Å²) in [6.07, 6.45) is 1.73. The Bertz CT molecular complexity index is 1220. The molecule has 0 spiro atoms. The minimum Gasteiger partial charge on any atom is -0.490 e. The molecule has 1 aliphatic heterocycles. The summed E-state index contributed by atoms with van der Waals surface area (Å²) in [7, 11) is 0. The summed E-state index contributed by atoms with van der Waals surface area (Å²) in [4.78, 5) is 12.3. The van der Waals surface area contributed by atoms with Crippen LogP contribution in [0.1, 0.15) is 23.6 Å². The van der Waals surface area contributed by atoms with E-state index in [0.717, 1.165) is 25.6 Å². The number of fused-ring (bicyclic) bond motifs is 1. The molecule has 0 unspecified atom stereocenters. The molecule has 0 fully saturated rings. The number of nitrogens with one attached hydrogen (secondary N) is 1. The molecule has 0 radical (unpaired) electrons. The molecule has 0 saturated heterocycles. The molecule has 1 heterocycles. The van der Waals surface area contributed by atoms with Gasteiger partial charge in [0, 0.05) is 4.47 Å². The quantitative estimate of drug-likeness (QED) is 0.252. The van der Waals surface area contributed by atoms with E-state index < -0.39 is 0 Å². The van der Waals surface area contributed by atoms with Crippen LogP contribution in [-0.2, 0) is 17.8 Å². The van der Waals surface area contributed by atoms with E-state index in [0.29, 0.717) is 49.4 Å². The van der Waals surface area contributed by atoms with Gasteiger partial charge >= 0.3 is 0 Å². The number of rotatable bonds is 9. The average molecular weight is 604 g/mol. The molecule has 3 aromatic rings. The third kappa shape index (κ3) is 6.99. The highest BCUT2D eigenvalue weighted by atomic mass is 79.9. The lowest BCUT2D eigenvalue weighted by atomic mass is 10.1. The van der Waals surface area contributed by atoms with E-state index in [1.165, 1.54) is 0 Å². The van der Waals surface area contributed by atoms with Gasteiger partial charge in [-0.05, 0) is 75.9 Å². The van der Waals surface area contributed by atoms with Gasteiger partial charge in [-0.3, -0.25) is 4.79 Å². The van der Waals surface area contributed by atoms with E-state index in [2.05, 4.69) is 42.4 Å². The second kappa shape index (κ2) is 12.1. The fourth-order valence-corrected chi connectivity index (χ4v) is 4.24. The smallest absolute Gasteiger partial charge is 0.244 e. The van der Waals surface area contributed by atoms with E-state index in [4.69, 9.17) is 18.9 Å². The van der Waals surface area contributed by atoms with E-state index in [-0.39, 0.29) is 12.3 Å². The van der Waals surface area contributed by atoms with Crippen LogP contribution >= 0.6 is 31.9 Å². The fraction of sp³-hybridized carbons (Fsp3) is 0.231. The molecule has 9 heteroatoms. The number of hydrogen-bond acceptors (Lipinski definition) is 6. The zero-order valence-corrected chi connectivity index (χ0v) is 22.2. The second-order valence-corrected chi connectivity index (χ2v) is 9.40. The van der Waals surface area contributed by atoms with Crippen LogP contribution in [0.25, 0.3) is 0 Å². The fourth-order valence-electron chi connectivity index (χ4n) is 3.40. The number of benzene rings is 3. The summed E-state index contributed by atoms with van der Waals surface area (Å²) in [5.41, 5.74) is 5.16. The Morgan fingerprint density at radius 1 is 1.00 bits per heavy atom. The van der Waals surface area contributed by atoms with Crippen molar-refractivity contribution in [2.75, 3.05) is 19.8 Å². The third-order valence-corrected chi connectivity index (χ3v) is 6.12. The molecule has 4 rings (SSSR count). The van der Waals surface area contributed by atoms with Crippen LogP contribution in [0.4, 0.5) is 0 Å². The number of hydrazone groups is 1. The summed E-state index contributed by atoms with van der Waals surface area (Å²) in [6.45, 7) is 3.82. The minimum atomic E-state index is -0.239. The van der Waals surface area contributed by atoms with Crippen molar-refractivity contribution in [3.8, 4) is 23.0 Å². The van der Waals surface area contributed by atoms with Crippen molar-refractivity contribution < 1.29 is 23.7 Å². The third-order valence-electron chi connectivity index (χ3n) is 5.00. The van der Waals surface area contributed by atoms with Crippen LogP contribution in [0.15, 0.2) is 68.6 Å². The lowest BCUT2D eigenvalue weighted by Gasteiger charge is -2.18. The largest absolute Gasteiger partial charge is 0.490 e. The predicted molar refractivity (Wildman–Crippen MR) is 141 cm³/mol. The molecule has 3 aromatic carbocycles. The van der Waals surface area contributed by atoms with Crippen molar-refractivity contribution in [2.45, 2.75) is 20.0 Å². The zero-order valence-electron chi connectivity index (χ0n) is 19.1. The second-order valence-electron chi connectivity index (χ2n) is 7.63. The van der Waals surface area contributed by atoms with Crippen molar-refractivity contribution in [1.29, 1.82) is 0 Å². The van der Waals surface area contributed by atoms with Gasteiger partial charge in [-0.15, -0.1) is 0 Å². The van der Waals surface area contributed by atoms with Crippen LogP contribution in [-0.4, -0.2) is 31.9 Å². The minimum absolute atomic E-state index is 0.171. The van der Waals surface area contributed by atoms with Crippen molar-refractivity contribution in [3.05, 3.63) is 80.2 Å². The Labute approximate surface area is 220 Å². The average Bonchev–Trinajstić information content (AvgIpc) is 2.85. The first kappa shape index (κ1) is 25.1. The SMILES string of the molecule is CCOc1cc(/C=N/NC(=O)Cc2ccc3c(c2)OCCO3)cc(Br)c1OCc1ccc(Br)cc1. The molecular weight excluding hydrogens is 580 g/mol. The molecule has 182 valence electrons. The van der Waals surface area contributed by atoms with Crippen LogP contribution in [0.3, 0.4) is 0 Å². The molecular formula is C26H24Br2N2O5. The van der Waals surface area contributed by atoms with Crippen molar-refractivity contribution in [3.63, 3.8) is 0 Å². The first-order valence-corrected chi connectivity index (χ1v) is 12.6. The highest BCUT2D eigenvalue weighted by Crippen LogP contribution is 2.37. The first-order chi connectivity index (χ1) is 17.0. The van der Waals surface area contributed by atoms with Gasteiger partial charge in [-0.2, -0.15) is 5.10 Å². The molecule has 0 saturated carbocycles. The van der Waals surface area contributed by atoms with Gasteiger partial charge in [0.1, 0.15) is 19.8 Å². The summed E-state index contributed by atoms with van der Waals surface area (Å²) in [5, 5.41) is 4.10. The van der Waals surface area contributed by atoms with E-state index in [1.54, 1.807) is 6.21 Å². The number of nitrogens with zero attached hydrogens (tertiary/aromatic N) is 1. The predicted octanol–water partition coefficient (Wildman–Crippen LogP) is 5.65. The Balaban J connectivity index is 1.38. The van der Waals surface area contributed by atoms with E-state index in [1.807, 2.05) is 61.5 Å².